The summed E-state index contributed by atoms with van der Waals surface area (Å²) in [6.07, 6.45) is 0. The first kappa shape index (κ1) is 23.4. The van der Waals surface area contributed by atoms with Crippen LogP contribution < -0.4 is 5.32 Å². The molecule has 1 saturated heterocycles. The first-order chi connectivity index (χ1) is 15.1. The van der Waals surface area contributed by atoms with E-state index in [0.29, 0.717) is 24.3 Å². The minimum Gasteiger partial charge on any atom is -0.325 e. The van der Waals surface area contributed by atoms with Gasteiger partial charge in [-0.25, -0.2) is 13.3 Å². The van der Waals surface area contributed by atoms with E-state index in [9.17, 15) is 13.2 Å². The average molecular weight is 452 g/mol. The van der Waals surface area contributed by atoms with Gasteiger partial charge >= 0.3 is 0 Å². The molecule has 0 unspecified atom stereocenters. The fraction of sp³-hybridized carbons (Fsp3) is 0.348. The number of piperazine rings is 1. The number of hydrogen-bond donors (Lipinski definition) is 1. The van der Waals surface area contributed by atoms with Crippen LogP contribution in [0.1, 0.15) is 25.0 Å². The van der Waals surface area contributed by atoms with Gasteiger partial charge in [-0.3, -0.25) is 9.69 Å². The van der Waals surface area contributed by atoms with Crippen molar-refractivity contribution in [3.8, 4) is 6.07 Å². The zero-order chi connectivity index (χ0) is 23.5. The van der Waals surface area contributed by atoms with E-state index in [0.717, 1.165) is 5.56 Å². The number of carbonyl (C=O) groups is 1. The van der Waals surface area contributed by atoms with Crippen molar-refractivity contribution >= 4 is 27.3 Å². The first-order valence-corrected chi connectivity index (χ1v) is 11.6. The van der Waals surface area contributed by atoms with E-state index < -0.39 is 10.0 Å². The van der Waals surface area contributed by atoms with Crippen LogP contribution in [0.3, 0.4) is 0 Å². The Bertz CT molecular complexity index is 1200. The number of rotatable bonds is 5. The molecule has 1 N–H and O–H groups in total. The molecule has 1 fully saturated rings. The van der Waals surface area contributed by atoms with Crippen molar-refractivity contribution < 1.29 is 13.2 Å². The molecule has 0 aromatic heterocycles. The topological polar surface area (TPSA) is 97.9 Å². The first-order valence-electron chi connectivity index (χ1n) is 10.2. The van der Waals surface area contributed by atoms with Crippen LogP contribution in [0.4, 0.5) is 11.4 Å². The Morgan fingerprint density at radius 2 is 1.91 bits per heavy atom. The summed E-state index contributed by atoms with van der Waals surface area (Å²) in [6.45, 7) is 13.5. The van der Waals surface area contributed by atoms with Gasteiger partial charge in [0.05, 0.1) is 29.6 Å². The van der Waals surface area contributed by atoms with Crippen molar-refractivity contribution in [1.82, 2.24) is 9.21 Å². The van der Waals surface area contributed by atoms with Crippen molar-refractivity contribution in [3.05, 3.63) is 65.0 Å². The standard InChI is InChI=1S/C23H25N5O3S/c1-16-8-9-19(12-24)10-22(16)26-23(29)15-27-13-17(2)28(18(3)14-27)32(30,31)21-7-5-6-20(11-21)25-4/h5-11,17-18H,13-15H2,1-3H3,(H,26,29)/t17-,18+. The van der Waals surface area contributed by atoms with Crippen molar-refractivity contribution in [3.63, 3.8) is 0 Å². The second-order valence-electron chi connectivity index (χ2n) is 8.03. The minimum atomic E-state index is -3.77. The van der Waals surface area contributed by atoms with E-state index >= 15 is 0 Å². The maximum Gasteiger partial charge on any atom is 0.242 e. The maximum atomic E-state index is 13.2. The van der Waals surface area contributed by atoms with Gasteiger partial charge in [0.1, 0.15) is 0 Å². The van der Waals surface area contributed by atoms with Gasteiger partial charge in [-0.1, -0.05) is 18.2 Å². The number of amides is 1. The largest absolute Gasteiger partial charge is 0.325 e. The molecule has 0 saturated carbocycles. The Balaban J connectivity index is 1.70. The van der Waals surface area contributed by atoms with Crippen LogP contribution in [-0.4, -0.2) is 55.2 Å². The highest BCUT2D eigenvalue weighted by Gasteiger charge is 2.38. The lowest BCUT2D eigenvalue weighted by molar-refractivity contribution is -0.118. The molecule has 9 heteroatoms. The third-order valence-electron chi connectivity index (χ3n) is 5.44. The highest BCUT2D eigenvalue weighted by Crippen LogP contribution is 2.27. The van der Waals surface area contributed by atoms with Crippen LogP contribution >= 0.6 is 0 Å². The number of carbonyl (C=O) groups excluding carboxylic acids is 1. The molecule has 8 nitrogen and oxygen atoms in total. The molecule has 0 radical (unpaired) electrons. The molecule has 2 aromatic rings. The fourth-order valence-electron chi connectivity index (χ4n) is 4.07. The van der Waals surface area contributed by atoms with Gasteiger partial charge in [-0.15, -0.1) is 0 Å². The number of nitrogens with one attached hydrogen (secondary N) is 1. The molecule has 32 heavy (non-hydrogen) atoms. The van der Waals surface area contributed by atoms with Gasteiger partial charge in [0.25, 0.3) is 0 Å². The summed E-state index contributed by atoms with van der Waals surface area (Å²) in [4.78, 5) is 18.0. The lowest BCUT2D eigenvalue weighted by Crippen LogP contribution is -2.59. The number of benzene rings is 2. The second-order valence-corrected chi connectivity index (χ2v) is 9.87. The lowest BCUT2D eigenvalue weighted by Gasteiger charge is -2.43. The molecule has 1 heterocycles. The van der Waals surface area contributed by atoms with E-state index in [-0.39, 0.29) is 35.1 Å². The summed E-state index contributed by atoms with van der Waals surface area (Å²) in [5.41, 5.74) is 2.19. The van der Waals surface area contributed by atoms with Gasteiger partial charge in [-0.05, 0) is 50.6 Å². The Morgan fingerprint density at radius 1 is 1.22 bits per heavy atom. The van der Waals surface area contributed by atoms with Crippen LogP contribution in [0.5, 0.6) is 0 Å². The molecule has 0 spiro atoms. The van der Waals surface area contributed by atoms with Crippen molar-refractivity contribution in [2.24, 2.45) is 0 Å². The smallest absolute Gasteiger partial charge is 0.242 e. The monoisotopic (exact) mass is 451 g/mol. The van der Waals surface area contributed by atoms with Gasteiger partial charge in [0, 0.05) is 30.9 Å². The highest BCUT2D eigenvalue weighted by atomic mass is 32.2. The van der Waals surface area contributed by atoms with Gasteiger partial charge in [0.2, 0.25) is 15.9 Å². The van der Waals surface area contributed by atoms with Crippen molar-refractivity contribution in [2.75, 3.05) is 25.0 Å². The van der Waals surface area contributed by atoms with Gasteiger partial charge in [0.15, 0.2) is 5.69 Å². The normalized spacial score (nSPS) is 19.7. The van der Waals surface area contributed by atoms with Crippen molar-refractivity contribution in [1.29, 1.82) is 5.26 Å². The Morgan fingerprint density at radius 3 is 2.53 bits per heavy atom. The lowest BCUT2D eigenvalue weighted by atomic mass is 10.1. The molecule has 0 bridgehead atoms. The quantitative estimate of drug-likeness (QED) is 0.705. The predicted molar refractivity (Wildman–Crippen MR) is 122 cm³/mol. The predicted octanol–water partition coefficient (Wildman–Crippen LogP) is 3.14. The van der Waals surface area contributed by atoms with Gasteiger partial charge < -0.3 is 5.32 Å². The summed E-state index contributed by atoms with van der Waals surface area (Å²) < 4.78 is 27.9. The molecule has 1 aliphatic rings. The average Bonchev–Trinajstić information content (AvgIpc) is 2.74. The molecule has 2 aromatic carbocycles. The summed E-state index contributed by atoms with van der Waals surface area (Å²) in [7, 11) is -3.77. The van der Waals surface area contributed by atoms with Crippen LogP contribution in [-0.2, 0) is 14.8 Å². The van der Waals surface area contributed by atoms with E-state index in [1.165, 1.54) is 16.4 Å². The maximum absolute atomic E-state index is 13.2. The third-order valence-corrected chi connectivity index (χ3v) is 7.57. The molecular formula is C23H25N5O3S. The zero-order valence-corrected chi connectivity index (χ0v) is 19.1. The van der Waals surface area contributed by atoms with Crippen LogP contribution in [0.2, 0.25) is 0 Å². The molecule has 1 aliphatic heterocycles. The van der Waals surface area contributed by atoms with E-state index in [2.05, 4.69) is 16.2 Å². The van der Waals surface area contributed by atoms with Gasteiger partial charge in [-0.2, -0.15) is 9.57 Å². The summed E-state index contributed by atoms with van der Waals surface area (Å²) in [5.74, 6) is -0.219. The number of anilines is 1. The summed E-state index contributed by atoms with van der Waals surface area (Å²) in [5, 5.41) is 11.9. The summed E-state index contributed by atoms with van der Waals surface area (Å²) >= 11 is 0. The molecule has 1 amide bonds. The number of nitrogens with zero attached hydrogens (tertiary/aromatic N) is 4. The molecular weight excluding hydrogens is 426 g/mol. The molecule has 3 rings (SSSR count). The van der Waals surface area contributed by atoms with E-state index in [1.54, 1.807) is 30.3 Å². The molecule has 2 atom stereocenters. The van der Waals surface area contributed by atoms with E-state index in [1.807, 2.05) is 25.7 Å². The molecule has 166 valence electrons. The minimum absolute atomic E-state index is 0.101. The van der Waals surface area contributed by atoms with Crippen LogP contribution in [0.15, 0.2) is 47.4 Å². The molecule has 0 aliphatic carbocycles. The Kier molecular flexibility index (Phi) is 6.95. The Labute approximate surface area is 188 Å². The SMILES string of the molecule is [C-]#[N+]c1cccc(S(=O)(=O)N2[C@H](C)CN(CC(=O)Nc3cc(C#N)ccc3C)C[C@@H]2C)c1. The van der Waals surface area contributed by atoms with Crippen molar-refractivity contribution in [2.45, 2.75) is 37.8 Å². The Hall–Kier alpha value is -3.24. The number of nitriles is 1. The van der Waals surface area contributed by atoms with Crippen LogP contribution in [0.25, 0.3) is 4.85 Å². The second kappa shape index (κ2) is 9.49. The van der Waals surface area contributed by atoms with E-state index in [4.69, 9.17) is 11.8 Å². The van der Waals surface area contributed by atoms with Crippen LogP contribution in [0, 0.1) is 24.8 Å². The zero-order valence-electron chi connectivity index (χ0n) is 18.2. The summed E-state index contributed by atoms with van der Waals surface area (Å²) in [6, 6.07) is 12.5. The highest BCUT2D eigenvalue weighted by molar-refractivity contribution is 7.89. The third kappa shape index (κ3) is 4.97. The number of aryl methyl sites for hydroxylation is 1. The number of sulfonamides is 1. The fourth-order valence-corrected chi connectivity index (χ4v) is 5.92. The number of hydrogen-bond acceptors (Lipinski definition) is 5.